The first-order valence-electron chi connectivity index (χ1n) is 9.31. The second-order valence-electron chi connectivity index (χ2n) is 7.21. The van der Waals surface area contributed by atoms with Crippen molar-refractivity contribution in [3.05, 3.63) is 69.9 Å². The number of ether oxygens (including phenoxy) is 1. The molecule has 3 aromatic rings. The first-order chi connectivity index (χ1) is 15.3. The van der Waals surface area contributed by atoms with E-state index in [1.807, 2.05) is 0 Å². The fourth-order valence-corrected chi connectivity index (χ4v) is 3.87. The van der Waals surface area contributed by atoms with Gasteiger partial charge in [-0.15, -0.1) is 10.2 Å². The van der Waals surface area contributed by atoms with Gasteiger partial charge < -0.3 is 10.1 Å². The summed E-state index contributed by atoms with van der Waals surface area (Å²) in [6.45, 7) is 2.87. The van der Waals surface area contributed by atoms with Crippen molar-refractivity contribution < 1.29 is 26.9 Å². The van der Waals surface area contributed by atoms with Crippen molar-refractivity contribution >= 4 is 32.9 Å². The number of hydrogen-bond donors (Lipinski definition) is 2. The van der Waals surface area contributed by atoms with Gasteiger partial charge in [-0.2, -0.15) is 13.2 Å². The molecule has 1 atom stereocenters. The van der Waals surface area contributed by atoms with Crippen LogP contribution < -0.4 is 10.1 Å². The number of hydrogen-bond acceptors (Lipinski definition) is 6. The molecule has 0 bridgehead atoms. The Morgan fingerprint density at radius 3 is 2.45 bits per heavy atom. The third-order valence-corrected chi connectivity index (χ3v) is 5.97. The number of nitrogens with one attached hydrogen (secondary N) is 2. The van der Waals surface area contributed by atoms with Crippen molar-refractivity contribution in [2.24, 2.45) is 0 Å². The maximum Gasteiger partial charge on any atom is 0.435 e. The van der Waals surface area contributed by atoms with Gasteiger partial charge in [0.2, 0.25) is 0 Å². The molecule has 3 rings (SSSR count). The van der Waals surface area contributed by atoms with Gasteiger partial charge in [-0.25, -0.2) is 8.99 Å². The van der Waals surface area contributed by atoms with Crippen LogP contribution in [0.25, 0.3) is 0 Å². The van der Waals surface area contributed by atoms with Crippen LogP contribution >= 0.6 is 11.6 Å². The normalized spacial score (nSPS) is 13.3. The Morgan fingerprint density at radius 1 is 1.15 bits per heavy atom. The lowest BCUT2D eigenvalue weighted by Gasteiger charge is -2.16. The van der Waals surface area contributed by atoms with Crippen LogP contribution in [0.3, 0.4) is 0 Å². The van der Waals surface area contributed by atoms with Crippen LogP contribution in [0.15, 0.2) is 47.4 Å². The molecule has 0 spiro atoms. The summed E-state index contributed by atoms with van der Waals surface area (Å²) in [5.74, 6) is -1.36. The Kier molecular flexibility index (Phi) is 6.66. The number of carbonyl (C=O) groups is 1. The molecule has 2 aromatic carbocycles. The molecule has 1 heterocycles. The van der Waals surface area contributed by atoms with E-state index >= 15 is 0 Å². The summed E-state index contributed by atoms with van der Waals surface area (Å²) in [5, 5.41) is 9.31. The van der Waals surface area contributed by atoms with Crippen LogP contribution in [0.1, 0.15) is 27.2 Å². The average molecular weight is 499 g/mol. The van der Waals surface area contributed by atoms with E-state index in [2.05, 4.69) is 15.5 Å². The standard InChI is InChI=1S/C21H18ClF3N4O3S/c1-11-7-8-16(15(22)9-11)32-20-17(12(2)18(28-29-20)21(23,24)25)19(30)27-13-5-4-6-14(10-13)33(3,26)31/h4-10,26H,1-3H3,(H,27,30). The highest BCUT2D eigenvalue weighted by molar-refractivity contribution is 7.91. The number of rotatable bonds is 5. The molecule has 12 heteroatoms. The summed E-state index contributed by atoms with van der Waals surface area (Å²) in [6.07, 6.45) is -3.65. The number of amides is 1. The monoisotopic (exact) mass is 498 g/mol. The fourth-order valence-electron chi connectivity index (χ4n) is 2.91. The van der Waals surface area contributed by atoms with Gasteiger partial charge in [0.25, 0.3) is 11.8 Å². The van der Waals surface area contributed by atoms with E-state index in [1.54, 1.807) is 19.1 Å². The van der Waals surface area contributed by atoms with Gasteiger partial charge in [-0.3, -0.25) is 4.79 Å². The highest BCUT2D eigenvalue weighted by Crippen LogP contribution is 2.36. The van der Waals surface area contributed by atoms with Crippen LogP contribution in [0.4, 0.5) is 18.9 Å². The van der Waals surface area contributed by atoms with E-state index in [0.29, 0.717) is 0 Å². The molecule has 0 aliphatic heterocycles. The minimum atomic E-state index is -4.86. The molecular weight excluding hydrogens is 481 g/mol. The van der Waals surface area contributed by atoms with E-state index < -0.39 is 44.5 Å². The lowest BCUT2D eigenvalue weighted by molar-refractivity contribution is -0.142. The zero-order chi connectivity index (χ0) is 24.6. The first-order valence-corrected chi connectivity index (χ1v) is 11.7. The van der Waals surface area contributed by atoms with Crippen LogP contribution in [-0.4, -0.2) is 26.6 Å². The molecule has 7 nitrogen and oxygen atoms in total. The molecule has 0 aliphatic rings. The van der Waals surface area contributed by atoms with Crippen molar-refractivity contribution in [2.45, 2.75) is 24.9 Å². The lowest BCUT2D eigenvalue weighted by Crippen LogP contribution is -2.21. The third-order valence-electron chi connectivity index (χ3n) is 4.52. The molecule has 0 fully saturated rings. The Morgan fingerprint density at radius 2 is 1.85 bits per heavy atom. The zero-order valence-corrected chi connectivity index (χ0v) is 19.2. The molecule has 0 saturated carbocycles. The number of aromatic nitrogens is 2. The molecule has 1 unspecified atom stereocenters. The van der Waals surface area contributed by atoms with Gasteiger partial charge in [0.1, 0.15) is 11.3 Å². The first kappa shape index (κ1) is 24.5. The van der Waals surface area contributed by atoms with Crippen molar-refractivity contribution in [1.82, 2.24) is 10.2 Å². The predicted octanol–water partition coefficient (Wildman–Crippen LogP) is 5.85. The van der Waals surface area contributed by atoms with E-state index in [9.17, 15) is 22.2 Å². The Hall–Kier alpha value is -3.18. The average Bonchev–Trinajstić information content (AvgIpc) is 2.68. The minimum absolute atomic E-state index is 0.0756. The molecule has 0 aliphatic carbocycles. The number of alkyl halides is 3. The van der Waals surface area contributed by atoms with E-state index in [0.717, 1.165) is 12.5 Å². The summed E-state index contributed by atoms with van der Waals surface area (Å²) in [6, 6.07) is 10.4. The molecule has 1 aromatic heterocycles. The fraction of sp³-hybridized carbons (Fsp3) is 0.190. The van der Waals surface area contributed by atoms with E-state index in [1.165, 1.54) is 36.6 Å². The van der Waals surface area contributed by atoms with Crippen LogP contribution in [0.5, 0.6) is 11.6 Å². The molecule has 0 saturated heterocycles. The van der Waals surface area contributed by atoms with Crippen LogP contribution in [-0.2, 0) is 15.9 Å². The van der Waals surface area contributed by atoms with Crippen molar-refractivity contribution in [1.29, 1.82) is 4.78 Å². The van der Waals surface area contributed by atoms with E-state index in [4.69, 9.17) is 21.1 Å². The SMILES string of the molecule is Cc1ccc(Oc2nnc(C(F)(F)F)c(C)c2C(=O)Nc2cccc(S(C)(=N)=O)c2)c(Cl)c1. The molecule has 1 amide bonds. The summed E-state index contributed by atoms with van der Waals surface area (Å²) in [4.78, 5) is 13.2. The number of halogens is 4. The summed E-state index contributed by atoms with van der Waals surface area (Å²) >= 11 is 6.15. The largest absolute Gasteiger partial charge is 0.435 e. The highest BCUT2D eigenvalue weighted by Gasteiger charge is 2.38. The minimum Gasteiger partial charge on any atom is -0.435 e. The number of carbonyl (C=O) groups excluding carboxylic acids is 1. The summed E-state index contributed by atoms with van der Waals surface area (Å²) in [5.41, 5.74) is -1.39. The van der Waals surface area contributed by atoms with Crippen molar-refractivity contribution in [2.75, 3.05) is 11.6 Å². The second-order valence-corrected chi connectivity index (χ2v) is 9.78. The van der Waals surface area contributed by atoms with Gasteiger partial charge in [0.05, 0.1) is 14.8 Å². The van der Waals surface area contributed by atoms with Crippen molar-refractivity contribution in [3.63, 3.8) is 0 Å². The molecule has 0 radical (unpaired) electrons. The Balaban J connectivity index is 2.08. The lowest BCUT2D eigenvalue weighted by atomic mass is 10.1. The van der Waals surface area contributed by atoms with Gasteiger partial charge in [0.15, 0.2) is 5.69 Å². The van der Waals surface area contributed by atoms with Crippen LogP contribution in [0, 0.1) is 18.6 Å². The summed E-state index contributed by atoms with van der Waals surface area (Å²) < 4.78 is 65.5. The summed E-state index contributed by atoms with van der Waals surface area (Å²) in [7, 11) is -3.08. The number of nitrogens with zero attached hydrogens (tertiary/aromatic N) is 2. The predicted molar refractivity (Wildman–Crippen MR) is 117 cm³/mol. The Labute approximate surface area is 192 Å². The molecule has 174 valence electrons. The molecular formula is C21H18ClF3N4O3S. The number of aryl methyl sites for hydroxylation is 1. The number of anilines is 1. The van der Waals surface area contributed by atoms with Crippen LogP contribution in [0.2, 0.25) is 5.02 Å². The number of benzene rings is 2. The molecule has 2 N–H and O–H groups in total. The van der Waals surface area contributed by atoms with Gasteiger partial charge >= 0.3 is 6.18 Å². The van der Waals surface area contributed by atoms with Gasteiger partial charge in [0, 0.05) is 16.8 Å². The van der Waals surface area contributed by atoms with E-state index in [-0.39, 0.29) is 21.4 Å². The maximum absolute atomic E-state index is 13.4. The zero-order valence-electron chi connectivity index (χ0n) is 17.6. The Bertz CT molecular complexity index is 1350. The van der Waals surface area contributed by atoms with Crippen molar-refractivity contribution in [3.8, 4) is 11.6 Å². The second kappa shape index (κ2) is 8.99. The highest BCUT2D eigenvalue weighted by atomic mass is 35.5. The topological polar surface area (TPSA) is 105 Å². The quantitative estimate of drug-likeness (QED) is 0.459. The molecule has 33 heavy (non-hydrogen) atoms. The van der Waals surface area contributed by atoms with Gasteiger partial charge in [-0.05, 0) is 55.3 Å². The van der Waals surface area contributed by atoms with Gasteiger partial charge in [-0.1, -0.05) is 23.7 Å². The maximum atomic E-state index is 13.4. The third kappa shape index (κ3) is 5.60. The smallest absolute Gasteiger partial charge is 0.435 e.